The molecule has 0 bridgehead atoms. The molecule has 1 aliphatic heterocycles. The maximum atomic E-state index is 12.1. The van der Waals surface area contributed by atoms with Crippen LogP contribution in [0.25, 0.3) is 0 Å². The van der Waals surface area contributed by atoms with Crippen molar-refractivity contribution in [3.8, 4) is 0 Å². The lowest BCUT2D eigenvalue weighted by molar-refractivity contribution is -0.237. The van der Waals surface area contributed by atoms with Crippen LogP contribution in [-0.4, -0.2) is 118 Å². The van der Waals surface area contributed by atoms with E-state index in [9.17, 15) is 19.2 Å². The van der Waals surface area contributed by atoms with Crippen molar-refractivity contribution in [1.82, 2.24) is 0 Å². The molecule has 14 heteroatoms. The summed E-state index contributed by atoms with van der Waals surface area (Å²) in [6.07, 6.45) is 13.0. The largest absolute Gasteiger partial charge is 0.463 e. The predicted octanol–water partition coefficient (Wildman–Crippen LogP) is 8.28. The SMILES string of the molecule is CC(=O)OC[C@H]1O[C@@H](SCCOCCOCCOCCO[C@@H]2CC[C@@]3(C)C(=CC[C@H]4[C@@H]5CC[C@H]([C@H](C)CCCC(C)C)[C@@]5(C)CC[C@@H]43)C2)[C@H](OC(C)=O)[C@@H](OC(C)=O)[C@H]1OC(C)=O. The zero-order chi connectivity index (χ0) is 45.7. The normalized spacial score (nSPS) is 34.2. The lowest BCUT2D eigenvalue weighted by Crippen LogP contribution is -2.61. The third-order valence-electron chi connectivity index (χ3n) is 15.0. The molecule has 13 nitrogen and oxygen atoms in total. The summed E-state index contributed by atoms with van der Waals surface area (Å²) in [6.45, 7) is 20.2. The van der Waals surface area contributed by atoms with Gasteiger partial charge in [0.25, 0.3) is 0 Å². The number of esters is 4. The third-order valence-corrected chi connectivity index (χ3v) is 16.2. The molecule has 4 aliphatic carbocycles. The molecule has 63 heavy (non-hydrogen) atoms. The Morgan fingerprint density at radius 1 is 0.730 bits per heavy atom. The lowest BCUT2D eigenvalue weighted by Gasteiger charge is -2.58. The zero-order valence-electron chi connectivity index (χ0n) is 39.9. The Kier molecular flexibility index (Phi) is 20.1. The predicted molar refractivity (Wildman–Crippen MR) is 240 cm³/mol. The first-order chi connectivity index (χ1) is 30.0. The smallest absolute Gasteiger partial charge is 0.303 e. The van der Waals surface area contributed by atoms with Gasteiger partial charge in [0.1, 0.15) is 18.1 Å². The van der Waals surface area contributed by atoms with Crippen molar-refractivity contribution in [3.05, 3.63) is 11.6 Å². The topological polar surface area (TPSA) is 151 Å². The fraction of sp³-hybridized carbons (Fsp3) is 0.878. The zero-order valence-corrected chi connectivity index (χ0v) is 40.7. The number of hydrogen-bond acceptors (Lipinski definition) is 14. The van der Waals surface area contributed by atoms with Gasteiger partial charge in [-0.05, 0) is 97.7 Å². The lowest BCUT2D eigenvalue weighted by atomic mass is 9.47. The summed E-state index contributed by atoms with van der Waals surface area (Å²) in [5, 5.41) is 0. The first-order valence-electron chi connectivity index (χ1n) is 24.0. The van der Waals surface area contributed by atoms with E-state index in [-0.39, 0.29) is 12.7 Å². The van der Waals surface area contributed by atoms with E-state index in [0.29, 0.717) is 62.8 Å². The molecule has 0 aromatic heterocycles. The highest BCUT2D eigenvalue weighted by atomic mass is 32.2. The Labute approximate surface area is 381 Å². The minimum atomic E-state index is -1.19. The van der Waals surface area contributed by atoms with Crippen molar-refractivity contribution < 1.29 is 61.8 Å². The monoisotopic (exact) mass is 909 g/mol. The molecular weight excluding hydrogens is 829 g/mol. The first kappa shape index (κ1) is 51.7. The summed E-state index contributed by atoms with van der Waals surface area (Å²) >= 11 is 1.27. The van der Waals surface area contributed by atoms with Gasteiger partial charge in [-0.25, -0.2) is 0 Å². The average Bonchev–Trinajstić information content (AvgIpc) is 3.57. The van der Waals surface area contributed by atoms with Crippen LogP contribution in [0, 0.1) is 46.3 Å². The Morgan fingerprint density at radius 2 is 1.37 bits per heavy atom. The van der Waals surface area contributed by atoms with Crippen molar-refractivity contribution in [2.75, 3.05) is 58.6 Å². The number of carbonyl (C=O) groups is 4. The Morgan fingerprint density at radius 3 is 2.02 bits per heavy atom. The van der Waals surface area contributed by atoms with Crippen LogP contribution in [0.15, 0.2) is 11.6 Å². The second kappa shape index (κ2) is 24.5. The molecular formula is C49H80O13S. The quantitative estimate of drug-likeness (QED) is 0.0395. The summed E-state index contributed by atoms with van der Waals surface area (Å²) in [7, 11) is 0. The standard InChI is InChI=1S/C49H80O13S/c1-31(2)11-10-12-32(3)40-15-16-41-39-14-13-37-29-38(17-19-48(37,8)42(39)18-20-49(40,41)9)57-26-25-55-22-21-54-23-24-56-27-28-63-47-46(61-36(7)53)45(60-35(6)52)44(59-34(5)51)43(62-47)30-58-33(4)50/h13,31-32,38-47H,10-12,14-30H2,1-9H3/t32-,38-,39+,40-,41+,42+,43-,44+,45+,46-,47+,48+,49-/m1/s1. The average molecular weight is 909 g/mol. The number of allylic oxidation sites excluding steroid dienone is 1. The van der Waals surface area contributed by atoms with Gasteiger partial charge in [0.05, 0.1) is 52.4 Å². The molecule has 360 valence electrons. The van der Waals surface area contributed by atoms with Gasteiger partial charge in [0.2, 0.25) is 0 Å². The highest BCUT2D eigenvalue weighted by Gasteiger charge is 2.59. The van der Waals surface area contributed by atoms with Gasteiger partial charge in [-0.2, -0.15) is 0 Å². The molecule has 0 N–H and O–H groups in total. The van der Waals surface area contributed by atoms with Crippen molar-refractivity contribution in [3.63, 3.8) is 0 Å². The molecule has 0 aromatic carbocycles. The number of fused-ring (bicyclic) bond motifs is 5. The highest BCUT2D eigenvalue weighted by Crippen LogP contribution is 2.67. The molecule has 5 aliphatic rings. The molecule has 1 heterocycles. The molecule has 4 fully saturated rings. The first-order valence-corrected chi connectivity index (χ1v) is 25.0. The van der Waals surface area contributed by atoms with E-state index < -0.39 is 53.7 Å². The second-order valence-corrected chi connectivity index (χ2v) is 21.0. The number of ether oxygens (including phenoxy) is 9. The maximum absolute atomic E-state index is 12.1. The third kappa shape index (κ3) is 14.1. The van der Waals surface area contributed by atoms with Crippen molar-refractivity contribution in [2.24, 2.45) is 46.3 Å². The Balaban J connectivity index is 0.951. The van der Waals surface area contributed by atoms with E-state index in [1.165, 1.54) is 97.2 Å². The van der Waals surface area contributed by atoms with Gasteiger partial charge in [-0.1, -0.05) is 65.5 Å². The summed E-state index contributed by atoms with van der Waals surface area (Å²) in [5.41, 5.74) is 1.67. The van der Waals surface area contributed by atoms with Crippen molar-refractivity contribution in [1.29, 1.82) is 0 Å². The summed E-state index contributed by atoms with van der Waals surface area (Å²) < 4.78 is 51.4. The van der Waals surface area contributed by atoms with E-state index in [0.717, 1.165) is 48.3 Å². The Bertz CT molecular complexity index is 1520. The van der Waals surface area contributed by atoms with Gasteiger partial charge in [-0.15, -0.1) is 11.8 Å². The molecule has 0 unspecified atom stereocenters. The van der Waals surface area contributed by atoms with E-state index in [1.807, 2.05) is 0 Å². The second-order valence-electron chi connectivity index (χ2n) is 19.8. The highest BCUT2D eigenvalue weighted by molar-refractivity contribution is 7.99. The molecule has 0 radical (unpaired) electrons. The molecule has 0 amide bonds. The molecule has 1 saturated heterocycles. The van der Waals surface area contributed by atoms with Crippen LogP contribution in [0.3, 0.4) is 0 Å². The van der Waals surface area contributed by atoms with E-state index in [1.54, 1.807) is 5.57 Å². The van der Waals surface area contributed by atoms with Gasteiger partial charge in [0.15, 0.2) is 18.3 Å². The summed E-state index contributed by atoms with van der Waals surface area (Å²) in [6, 6.07) is 0. The van der Waals surface area contributed by atoms with Gasteiger partial charge in [-0.3, -0.25) is 19.2 Å². The minimum Gasteiger partial charge on any atom is -0.463 e. The molecule has 5 rings (SSSR count). The van der Waals surface area contributed by atoms with Crippen LogP contribution in [0.4, 0.5) is 0 Å². The minimum absolute atomic E-state index is 0.264. The van der Waals surface area contributed by atoms with Crippen molar-refractivity contribution in [2.45, 2.75) is 169 Å². The van der Waals surface area contributed by atoms with Crippen LogP contribution < -0.4 is 0 Å². The van der Waals surface area contributed by atoms with Crippen LogP contribution >= 0.6 is 11.8 Å². The fourth-order valence-corrected chi connectivity index (χ4v) is 13.2. The van der Waals surface area contributed by atoms with Gasteiger partial charge in [0, 0.05) is 33.4 Å². The van der Waals surface area contributed by atoms with Gasteiger partial charge < -0.3 is 42.6 Å². The molecule has 0 aromatic rings. The van der Waals surface area contributed by atoms with Crippen molar-refractivity contribution >= 4 is 35.6 Å². The molecule has 3 saturated carbocycles. The number of rotatable bonds is 24. The number of thioether (sulfide) groups is 1. The van der Waals surface area contributed by atoms with E-state index in [2.05, 4.69) is 40.7 Å². The van der Waals surface area contributed by atoms with E-state index in [4.69, 9.17) is 42.6 Å². The fourth-order valence-electron chi connectivity index (χ4n) is 12.2. The molecule has 13 atom stereocenters. The molecule has 0 spiro atoms. The van der Waals surface area contributed by atoms with Crippen LogP contribution in [0.5, 0.6) is 0 Å². The van der Waals surface area contributed by atoms with Crippen LogP contribution in [-0.2, 0) is 61.8 Å². The number of carbonyl (C=O) groups excluding carboxylic acids is 4. The Hall–Kier alpha value is -2.23. The van der Waals surface area contributed by atoms with Crippen LogP contribution in [0.1, 0.15) is 133 Å². The summed E-state index contributed by atoms with van der Waals surface area (Å²) in [5.74, 6) is 2.98. The number of hydrogen-bond donors (Lipinski definition) is 0. The van der Waals surface area contributed by atoms with Crippen LogP contribution in [0.2, 0.25) is 0 Å². The van der Waals surface area contributed by atoms with Gasteiger partial charge >= 0.3 is 23.9 Å². The maximum Gasteiger partial charge on any atom is 0.303 e. The summed E-state index contributed by atoms with van der Waals surface area (Å²) in [4.78, 5) is 47.6. The van der Waals surface area contributed by atoms with E-state index >= 15 is 0 Å².